The molecule has 1 aromatic carbocycles. The van der Waals surface area contributed by atoms with Crippen LogP contribution >= 0.6 is 11.6 Å². The van der Waals surface area contributed by atoms with Gasteiger partial charge in [-0.3, -0.25) is 0 Å². The van der Waals surface area contributed by atoms with Gasteiger partial charge in [0.15, 0.2) is 0 Å². The molecule has 0 radical (unpaired) electrons. The molecule has 3 rings (SSSR count). The molecule has 0 saturated carbocycles. The molecule has 0 amide bonds. The van der Waals surface area contributed by atoms with Gasteiger partial charge >= 0.3 is 0 Å². The van der Waals surface area contributed by atoms with Crippen molar-refractivity contribution in [1.82, 2.24) is 9.62 Å². The normalized spacial score (nSPS) is 27.5. The highest BCUT2D eigenvalue weighted by atomic mass is 35.5. The molecule has 0 spiro atoms. The summed E-state index contributed by atoms with van der Waals surface area (Å²) in [5.74, 6) is -0.783. The molecule has 2 saturated heterocycles. The lowest BCUT2D eigenvalue weighted by Gasteiger charge is -2.27. The van der Waals surface area contributed by atoms with Gasteiger partial charge in [-0.15, -0.1) is 0 Å². The van der Waals surface area contributed by atoms with Gasteiger partial charge in [0.25, 0.3) is 0 Å². The summed E-state index contributed by atoms with van der Waals surface area (Å²) in [6.45, 7) is 1.43. The molecule has 2 aliphatic heterocycles. The van der Waals surface area contributed by atoms with Crippen LogP contribution in [-0.2, 0) is 10.0 Å². The molecular weight excluding hydrogens is 303 g/mol. The molecule has 2 atom stereocenters. The molecule has 4 nitrogen and oxygen atoms in total. The predicted molar refractivity (Wildman–Crippen MR) is 74.7 cm³/mol. The van der Waals surface area contributed by atoms with Crippen LogP contribution in [0.15, 0.2) is 23.1 Å². The summed E-state index contributed by atoms with van der Waals surface area (Å²) in [4.78, 5) is -0.277. The van der Waals surface area contributed by atoms with E-state index in [-0.39, 0.29) is 22.0 Å². The maximum Gasteiger partial charge on any atom is 0.246 e. The van der Waals surface area contributed by atoms with Crippen LogP contribution in [0.2, 0.25) is 5.02 Å². The standard InChI is InChI=1S/C13H16ClFN2O2S/c14-9-1-4-13(12(15)7-9)20(18,19)17-10-2-3-11(17)8-16-6-5-10/h1,4,7,10-11,16H,2-3,5-6,8H2. The van der Waals surface area contributed by atoms with Gasteiger partial charge in [-0.2, -0.15) is 4.31 Å². The van der Waals surface area contributed by atoms with E-state index in [1.54, 1.807) is 0 Å². The first-order valence-corrected chi connectivity index (χ1v) is 8.51. The topological polar surface area (TPSA) is 49.4 Å². The van der Waals surface area contributed by atoms with E-state index in [9.17, 15) is 12.8 Å². The van der Waals surface area contributed by atoms with E-state index in [0.29, 0.717) is 6.54 Å². The van der Waals surface area contributed by atoms with E-state index in [1.165, 1.54) is 16.4 Å². The van der Waals surface area contributed by atoms with Crippen molar-refractivity contribution >= 4 is 21.6 Å². The molecule has 0 aromatic heterocycles. The molecule has 0 aliphatic carbocycles. The van der Waals surface area contributed by atoms with Crippen molar-refractivity contribution in [2.45, 2.75) is 36.2 Å². The van der Waals surface area contributed by atoms with Gasteiger partial charge in [0.05, 0.1) is 0 Å². The van der Waals surface area contributed by atoms with E-state index < -0.39 is 15.8 Å². The quantitative estimate of drug-likeness (QED) is 0.907. The Bertz CT molecular complexity index is 609. The number of nitrogens with zero attached hydrogens (tertiary/aromatic N) is 1. The van der Waals surface area contributed by atoms with Gasteiger partial charge in [0, 0.05) is 23.7 Å². The van der Waals surface area contributed by atoms with E-state index in [0.717, 1.165) is 31.9 Å². The number of hydrogen-bond acceptors (Lipinski definition) is 3. The van der Waals surface area contributed by atoms with Crippen LogP contribution in [-0.4, -0.2) is 37.9 Å². The lowest BCUT2D eigenvalue weighted by Crippen LogP contribution is -2.42. The molecule has 2 aliphatic rings. The first-order valence-electron chi connectivity index (χ1n) is 6.69. The summed E-state index contributed by atoms with van der Waals surface area (Å²) in [5.41, 5.74) is 0. The number of hydrogen-bond donors (Lipinski definition) is 1. The monoisotopic (exact) mass is 318 g/mol. The Morgan fingerprint density at radius 2 is 2.00 bits per heavy atom. The second-order valence-corrected chi connectivity index (χ2v) is 7.54. The molecule has 110 valence electrons. The third-order valence-corrected chi connectivity index (χ3v) is 6.31. The third-order valence-electron chi connectivity index (χ3n) is 4.04. The van der Waals surface area contributed by atoms with Gasteiger partial charge in [-0.25, -0.2) is 12.8 Å². The van der Waals surface area contributed by atoms with Gasteiger partial charge in [0.2, 0.25) is 10.0 Å². The van der Waals surface area contributed by atoms with Gasteiger partial charge in [0.1, 0.15) is 10.7 Å². The Labute approximate surface area is 123 Å². The third kappa shape index (κ3) is 2.35. The average molecular weight is 319 g/mol. The van der Waals surface area contributed by atoms with Gasteiger partial charge < -0.3 is 5.32 Å². The van der Waals surface area contributed by atoms with Crippen LogP contribution in [0.4, 0.5) is 4.39 Å². The van der Waals surface area contributed by atoms with Crippen molar-refractivity contribution in [3.8, 4) is 0 Å². The van der Waals surface area contributed by atoms with E-state index >= 15 is 0 Å². The van der Waals surface area contributed by atoms with E-state index in [2.05, 4.69) is 5.32 Å². The molecule has 20 heavy (non-hydrogen) atoms. The van der Waals surface area contributed by atoms with Crippen LogP contribution in [0, 0.1) is 5.82 Å². The van der Waals surface area contributed by atoms with Crippen LogP contribution < -0.4 is 5.32 Å². The fourth-order valence-corrected chi connectivity index (χ4v) is 5.24. The van der Waals surface area contributed by atoms with Crippen molar-refractivity contribution in [1.29, 1.82) is 0 Å². The second kappa shape index (κ2) is 5.26. The van der Waals surface area contributed by atoms with E-state index in [4.69, 9.17) is 11.6 Å². The first-order chi connectivity index (χ1) is 9.50. The second-order valence-electron chi connectivity index (χ2n) is 5.29. The molecule has 7 heteroatoms. The number of fused-ring (bicyclic) bond motifs is 2. The summed E-state index contributed by atoms with van der Waals surface area (Å²) in [6.07, 6.45) is 2.44. The first kappa shape index (κ1) is 14.3. The minimum Gasteiger partial charge on any atom is -0.315 e. The number of nitrogens with one attached hydrogen (secondary N) is 1. The summed E-state index contributed by atoms with van der Waals surface area (Å²) in [7, 11) is -3.81. The van der Waals surface area contributed by atoms with Gasteiger partial charge in [-0.05, 0) is 44.0 Å². The molecule has 2 bridgehead atoms. The minimum atomic E-state index is -3.81. The Morgan fingerprint density at radius 1 is 1.25 bits per heavy atom. The molecule has 1 N–H and O–H groups in total. The molecule has 2 fully saturated rings. The lowest BCUT2D eigenvalue weighted by atomic mass is 10.1. The summed E-state index contributed by atoms with van der Waals surface area (Å²) in [5, 5.41) is 3.43. The highest BCUT2D eigenvalue weighted by Crippen LogP contribution is 2.34. The maximum atomic E-state index is 14.0. The van der Waals surface area contributed by atoms with Crippen LogP contribution in [0.5, 0.6) is 0 Å². The highest BCUT2D eigenvalue weighted by molar-refractivity contribution is 7.89. The number of halogens is 2. The average Bonchev–Trinajstić information content (AvgIpc) is 2.63. The number of benzene rings is 1. The number of sulfonamides is 1. The Morgan fingerprint density at radius 3 is 2.75 bits per heavy atom. The summed E-state index contributed by atoms with van der Waals surface area (Å²) >= 11 is 5.69. The smallest absolute Gasteiger partial charge is 0.246 e. The van der Waals surface area contributed by atoms with Gasteiger partial charge in [-0.1, -0.05) is 11.6 Å². The zero-order chi connectivity index (χ0) is 14.3. The fourth-order valence-electron chi connectivity index (χ4n) is 3.13. The molecular formula is C13H16ClFN2O2S. The highest BCUT2D eigenvalue weighted by Gasteiger charge is 2.43. The summed E-state index contributed by atoms with van der Waals surface area (Å²) < 4.78 is 41.0. The van der Waals surface area contributed by atoms with Crippen LogP contribution in [0.3, 0.4) is 0 Å². The van der Waals surface area contributed by atoms with Crippen molar-refractivity contribution < 1.29 is 12.8 Å². The van der Waals surface area contributed by atoms with Crippen molar-refractivity contribution in [3.63, 3.8) is 0 Å². The number of rotatable bonds is 2. The predicted octanol–water partition coefficient (Wildman–Crippen LogP) is 1.99. The lowest BCUT2D eigenvalue weighted by molar-refractivity contribution is 0.333. The zero-order valence-electron chi connectivity index (χ0n) is 10.9. The van der Waals surface area contributed by atoms with Crippen LogP contribution in [0.1, 0.15) is 19.3 Å². The Hall–Kier alpha value is -0.690. The van der Waals surface area contributed by atoms with E-state index in [1.807, 2.05) is 0 Å². The fraction of sp³-hybridized carbons (Fsp3) is 0.538. The van der Waals surface area contributed by atoms with Crippen molar-refractivity contribution in [2.75, 3.05) is 13.1 Å². The molecule has 1 aromatic rings. The molecule has 2 unspecified atom stereocenters. The Balaban J connectivity index is 2.03. The van der Waals surface area contributed by atoms with Crippen molar-refractivity contribution in [3.05, 3.63) is 29.0 Å². The minimum absolute atomic E-state index is 0.0323. The zero-order valence-corrected chi connectivity index (χ0v) is 12.4. The summed E-state index contributed by atoms with van der Waals surface area (Å²) in [6, 6.07) is 3.60. The molecule has 2 heterocycles. The van der Waals surface area contributed by atoms with Crippen molar-refractivity contribution in [2.24, 2.45) is 0 Å². The largest absolute Gasteiger partial charge is 0.315 e. The Kier molecular flexibility index (Phi) is 3.75. The maximum absolute atomic E-state index is 14.0. The SMILES string of the molecule is O=S(=O)(c1ccc(Cl)cc1F)N1C2CCNCC1CC2. The van der Waals surface area contributed by atoms with Crippen LogP contribution in [0.25, 0.3) is 0 Å².